The summed E-state index contributed by atoms with van der Waals surface area (Å²) in [6.07, 6.45) is -31.0. The first-order valence-electron chi connectivity index (χ1n) is 12.7. The molecule has 1 heterocycles. The Balaban J connectivity index is 4.52. The Hall–Kier alpha value is -1.05. The van der Waals surface area contributed by atoms with Crippen LogP contribution in [0.15, 0.2) is 0 Å². The molecule has 46 heteroatoms. The lowest BCUT2D eigenvalue weighted by atomic mass is 9.98. The summed E-state index contributed by atoms with van der Waals surface area (Å²) in [6.45, 7) is -6.63. The highest BCUT2D eigenvalue weighted by Gasteiger charge is 2.56. The van der Waals surface area contributed by atoms with Crippen molar-refractivity contribution in [1.29, 1.82) is 0 Å². The van der Waals surface area contributed by atoms with Crippen LogP contribution >= 0.6 is 0 Å². The summed E-state index contributed by atoms with van der Waals surface area (Å²) in [4.78, 5) is 0. The van der Waals surface area contributed by atoms with E-state index < -0.39 is 169 Å². The van der Waals surface area contributed by atoms with Gasteiger partial charge in [0.1, 0.15) is 42.7 Å². The van der Waals surface area contributed by atoms with Gasteiger partial charge in [-0.2, -0.15) is 67.3 Å². The van der Waals surface area contributed by atoms with E-state index in [2.05, 4.69) is 37.6 Å². The summed E-state index contributed by atoms with van der Waals surface area (Å²) in [7, 11) is -49.2. The fourth-order valence-electron chi connectivity index (χ4n) is 3.95. The molecule has 58 heavy (non-hydrogen) atoms. The van der Waals surface area contributed by atoms with E-state index in [-0.39, 0.29) is 0 Å². The predicted octanol–water partition coefficient (Wildman–Crippen LogP) is -7.33. The van der Waals surface area contributed by atoms with Crippen LogP contribution in [-0.2, 0) is 142 Å². The summed E-state index contributed by atoms with van der Waals surface area (Å²) in [5.74, 6) is 0. The Morgan fingerprint density at radius 1 is 0.500 bits per heavy atom. The standard InChI is InChI=1S/C12H24O37S9/c13-50(14)44-8-4(1-39-51(15,16)17)42-12(11(49-58(36,37)38)10(8)48-57(33,34)35)43-7(5(45-54(24,25)26)2-40-52(18,19)20)9(47-56(30,31)32)6(46-55(27,28)29)3-41-53(21,22)23/h4-12H,1-3H2,(H,13,14)(H,15,16,17)(H,18,19,20)(H,21,22,23)(H,24,25,26)(H,27,28,29)(H,30,31,32)(H,33,34,35)(H,36,37,38)/p-1/t4-,5-,6+,7-,8+,9-,10+,11-,12+/m1/s1. The molecule has 1 unspecified atom stereocenters. The van der Waals surface area contributed by atoms with Crippen molar-refractivity contribution >= 4 is 94.6 Å². The summed E-state index contributed by atoms with van der Waals surface area (Å²) >= 11 is -4.06. The summed E-state index contributed by atoms with van der Waals surface area (Å²) in [5.41, 5.74) is 0. The Bertz CT molecular complexity index is 2330. The zero-order valence-electron chi connectivity index (χ0n) is 26.4. The van der Waals surface area contributed by atoms with Crippen LogP contribution in [0.3, 0.4) is 0 Å². The molecule has 1 aliphatic rings. The van der Waals surface area contributed by atoms with E-state index >= 15 is 0 Å². The highest BCUT2D eigenvalue weighted by atomic mass is 32.3. The number of hydrogen-bond donors (Lipinski definition) is 8. The molecule has 0 radical (unpaired) electrons. The first-order chi connectivity index (χ1) is 25.5. The van der Waals surface area contributed by atoms with Crippen molar-refractivity contribution in [2.45, 2.75) is 55.1 Å². The molecule has 8 N–H and O–H groups in total. The minimum Gasteiger partial charge on any atom is -0.750 e. The smallest absolute Gasteiger partial charge is 0.397 e. The van der Waals surface area contributed by atoms with E-state index in [1.165, 1.54) is 0 Å². The van der Waals surface area contributed by atoms with Crippen molar-refractivity contribution in [3.63, 3.8) is 0 Å². The Morgan fingerprint density at radius 2 is 0.879 bits per heavy atom. The molecule has 37 nitrogen and oxygen atoms in total. The Morgan fingerprint density at radius 3 is 1.22 bits per heavy atom. The third kappa shape index (κ3) is 23.8. The second-order valence-electron chi connectivity index (χ2n) is 9.64. The fourth-order valence-corrected chi connectivity index (χ4v) is 7.73. The molecule has 0 aromatic heterocycles. The molecule has 1 rings (SSSR count). The molecule has 1 fully saturated rings. The van der Waals surface area contributed by atoms with Crippen LogP contribution in [-0.4, -0.2) is 187 Å². The Kier molecular flexibility index (Phi) is 19.4. The molecular weight excluding hydrogens is 1020 g/mol. The van der Waals surface area contributed by atoms with Crippen molar-refractivity contribution < 1.29 is 160 Å². The van der Waals surface area contributed by atoms with Gasteiger partial charge in [0.15, 0.2) is 12.4 Å². The minimum atomic E-state index is -6.45. The van der Waals surface area contributed by atoms with E-state index in [1.54, 1.807) is 0 Å². The molecule has 348 valence electrons. The third-order valence-corrected chi connectivity index (χ3v) is 9.52. The van der Waals surface area contributed by atoms with Crippen LogP contribution in [0.5, 0.6) is 0 Å². The van der Waals surface area contributed by atoms with Gasteiger partial charge in [0, 0.05) is 0 Å². The quantitative estimate of drug-likeness (QED) is 0.0295. The van der Waals surface area contributed by atoms with E-state index in [4.69, 9.17) is 23.1 Å². The third-order valence-electron chi connectivity index (χ3n) is 5.46. The fraction of sp³-hybridized carbons (Fsp3) is 1.00. The summed E-state index contributed by atoms with van der Waals surface area (Å²) in [5, 5.41) is 0. The topological polar surface area (TPSA) is 577 Å². The monoisotopic (exact) mass is 1050 g/mol. The van der Waals surface area contributed by atoms with Gasteiger partial charge >= 0.3 is 83.2 Å². The van der Waals surface area contributed by atoms with Gasteiger partial charge in [-0.25, -0.2) is 37.7 Å². The predicted molar refractivity (Wildman–Crippen MR) is 162 cm³/mol. The second-order valence-corrected chi connectivity index (χ2v) is 18.7. The number of ether oxygens (including phenoxy) is 2. The zero-order valence-corrected chi connectivity index (χ0v) is 33.8. The largest absolute Gasteiger partial charge is 0.750 e. The molecule has 0 aromatic carbocycles. The van der Waals surface area contributed by atoms with Crippen molar-refractivity contribution in [2.75, 3.05) is 19.8 Å². The van der Waals surface area contributed by atoms with Gasteiger partial charge in [-0.3, -0.25) is 40.6 Å². The van der Waals surface area contributed by atoms with E-state index in [1.807, 2.05) is 0 Å². The SMILES string of the molecule is O=S([O-])O[C@@H]1[C@H](OS(=O)(=O)O)[C@@H](OS(=O)(=O)O)[C@H](O[C@@H]([C@H](OS(=O)(=O)O)[C@H](COS(=O)(=O)O)OS(=O)(=O)O)[C@@H](COS(=O)(=O)O)OS(=O)(=O)O)O[C@@H]1COS(=O)(=O)O. The maximum absolute atomic E-state index is 11.9. The van der Waals surface area contributed by atoms with Crippen LogP contribution in [0.25, 0.3) is 0 Å². The van der Waals surface area contributed by atoms with Crippen molar-refractivity contribution in [3.05, 3.63) is 0 Å². The van der Waals surface area contributed by atoms with Crippen LogP contribution in [0.2, 0.25) is 0 Å². The Labute approximate surface area is 327 Å². The molecule has 0 aliphatic carbocycles. The number of rotatable bonds is 26. The van der Waals surface area contributed by atoms with Gasteiger partial charge in [-0.1, -0.05) is 0 Å². The maximum Gasteiger partial charge on any atom is 0.397 e. The number of hydrogen-bond acceptors (Lipinski definition) is 29. The summed E-state index contributed by atoms with van der Waals surface area (Å²) < 4.78 is 328. The van der Waals surface area contributed by atoms with Crippen LogP contribution in [0.4, 0.5) is 0 Å². The van der Waals surface area contributed by atoms with Crippen molar-refractivity contribution in [1.82, 2.24) is 0 Å². The lowest BCUT2D eigenvalue weighted by molar-refractivity contribution is -0.313. The van der Waals surface area contributed by atoms with E-state index in [0.29, 0.717) is 0 Å². The van der Waals surface area contributed by atoms with Crippen molar-refractivity contribution in [2.24, 2.45) is 0 Å². The molecule has 1 saturated heterocycles. The normalized spacial score (nSPS) is 24.7. The van der Waals surface area contributed by atoms with Gasteiger partial charge < -0.3 is 14.0 Å². The van der Waals surface area contributed by atoms with Gasteiger partial charge in [-0.05, 0) is 0 Å². The lowest BCUT2D eigenvalue weighted by Crippen LogP contribution is -2.65. The average molecular weight is 1050 g/mol. The second kappa shape index (κ2) is 20.4. The highest BCUT2D eigenvalue weighted by molar-refractivity contribution is 7.82. The molecule has 1 aliphatic heterocycles. The molecule has 0 amide bonds. The first kappa shape index (κ1) is 55.0. The average Bonchev–Trinajstić information content (AvgIpc) is 2.92. The minimum absolute atomic E-state index is 1.96. The molecular formula is C12H23O37S9-. The van der Waals surface area contributed by atoms with E-state index in [9.17, 15) is 98.9 Å². The summed E-state index contributed by atoms with van der Waals surface area (Å²) in [6, 6.07) is 0. The lowest BCUT2D eigenvalue weighted by Gasteiger charge is -2.45. The molecule has 0 spiro atoms. The van der Waals surface area contributed by atoms with Crippen LogP contribution in [0.1, 0.15) is 0 Å². The van der Waals surface area contributed by atoms with Gasteiger partial charge in [-0.15, -0.1) is 0 Å². The molecule has 0 bridgehead atoms. The van der Waals surface area contributed by atoms with Crippen LogP contribution in [0, 0.1) is 0 Å². The molecule has 10 atom stereocenters. The first-order valence-corrected chi connectivity index (χ1v) is 24.7. The van der Waals surface area contributed by atoms with Gasteiger partial charge in [0.2, 0.25) is 0 Å². The molecule has 0 aromatic rings. The molecule has 0 saturated carbocycles. The highest BCUT2D eigenvalue weighted by Crippen LogP contribution is 2.34. The zero-order chi connectivity index (χ0) is 45.7. The maximum atomic E-state index is 11.9. The van der Waals surface area contributed by atoms with Gasteiger partial charge in [0.05, 0.1) is 31.2 Å². The van der Waals surface area contributed by atoms with Gasteiger partial charge in [0.25, 0.3) is 0 Å². The van der Waals surface area contributed by atoms with E-state index in [0.717, 1.165) is 0 Å². The van der Waals surface area contributed by atoms with Crippen molar-refractivity contribution in [3.8, 4) is 0 Å². The van der Waals surface area contributed by atoms with Crippen LogP contribution < -0.4 is 0 Å².